The van der Waals surface area contributed by atoms with E-state index >= 15 is 0 Å². The number of carbonyl (C=O) groups excluding carboxylic acids is 2. The highest BCUT2D eigenvalue weighted by molar-refractivity contribution is 6.33. The molecule has 2 aliphatic heterocycles. The summed E-state index contributed by atoms with van der Waals surface area (Å²) in [7, 11) is 0. The van der Waals surface area contributed by atoms with Gasteiger partial charge < -0.3 is 19.7 Å². The van der Waals surface area contributed by atoms with Crippen LogP contribution in [0.2, 0.25) is 5.02 Å². The molecular formula is C22H24ClN3O4. The molecule has 30 heavy (non-hydrogen) atoms. The lowest BCUT2D eigenvalue weighted by molar-refractivity contribution is -0.126. The minimum Gasteiger partial charge on any atom is -0.454 e. The van der Waals surface area contributed by atoms with E-state index in [1.807, 2.05) is 31.2 Å². The first kappa shape index (κ1) is 20.5. The van der Waals surface area contributed by atoms with Crippen molar-refractivity contribution in [2.45, 2.75) is 19.5 Å². The first-order chi connectivity index (χ1) is 14.5. The molecule has 0 radical (unpaired) electrons. The van der Waals surface area contributed by atoms with E-state index in [1.165, 1.54) is 0 Å². The van der Waals surface area contributed by atoms with E-state index in [-0.39, 0.29) is 24.6 Å². The second kappa shape index (κ2) is 8.93. The van der Waals surface area contributed by atoms with Crippen LogP contribution in [0.4, 0.5) is 0 Å². The Hall–Kier alpha value is -2.77. The fraction of sp³-hybridized carbons (Fsp3) is 0.364. The zero-order chi connectivity index (χ0) is 21.1. The number of hydrogen-bond acceptors (Lipinski definition) is 5. The number of piperazine rings is 1. The van der Waals surface area contributed by atoms with Crippen LogP contribution in [0.5, 0.6) is 11.5 Å². The number of hydrogen-bond donors (Lipinski definition) is 1. The number of carbonyl (C=O) groups is 2. The Balaban J connectivity index is 1.27. The minimum absolute atomic E-state index is 0.0430. The van der Waals surface area contributed by atoms with Gasteiger partial charge in [0.25, 0.3) is 5.91 Å². The molecule has 2 aliphatic rings. The SMILES string of the molecule is CC(C(=O)NCc1ccc2c(c1)OCO2)N1CCN(C(=O)c2ccccc2Cl)CC1. The Kier molecular flexibility index (Phi) is 6.11. The fourth-order valence-electron chi connectivity index (χ4n) is 3.67. The average molecular weight is 430 g/mol. The summed E-state index contributed by atoms with van der Waals surface area (Å²) in [5.74, 6) is 1.32. The van der Waals surface area contributed by atoms with E-state index in [0.717, 1.165) is 11.3 Å². The molecule has 2 aromatic carbocycles. The summed E-state index contributed by atoms with van der Waals surface area (Å²) in [6, 6.07) is 12.4. The van der Waals surface area contributed by atoms with Crippen molar-refractivity contribution in [2.24, 2.45) is 0 Å². The van der Waals surface area contributed by atoms with Gasteiger partial charge >= 0.3 is 0 Å². The predicted molar refractivity (Wildman–Crippen MR) is 113 cm³/mol. The van der Waals surface area contributed by atoms with Gasteiger partial charge in [0.05, 0.1) is 16.6 Å². The molecule has 2 amide bonds. The molecule has 1 fully saturated rings. The molecule has 1 N–H and O–H groups in total. The molecule has 0 aliphatic carbocycles. The Morgan fingerprint density at radius 1 is 1.07 bits per heavy atom. The molecule has 4 rings (SSSR count). The van der Waals surface area contributed by atoms with E-state index in [0.29, 0.717) is 49.1 Å². The Labute approximate surface area is 180 Å². The highest BCUT2D eigenvalue weighted by Gasteiger charge is 2.28. The second-order valence-electron chi connectivity index (χ2n) is 7.39. The highest BCUT2D eigenvalue weighted by Crippen LogP contribution is 2.32. The first-order valence-electron chi connectivity index (χ1n) is 9.97. The third-order valence-electron chi connectivity index (χ3n) is 5.54. The maximum atomic E-state index is 12.7. The average Bonchev–Trinajstić information content (AvgIpc) is 3.25. The molecule has 1 unspecified atom stereocenters. The van der Waals surface area contributed by atoms with Crippen LogP contribution in [-0.4, -0.2) is 60.6 Å². The van der Waals surface area contributed by atoms with Crippen LogP contribution in [0.25, 0.3) is 0 Å². The van der Waals surface area contributed by atoms with Gasteiger partial charge in [-0.1, -0.05) is 29.8 Å². The molecule has 7 nitrogen and oxygen atoms in total. The van der Waals surface area contributed by atoms with Crippen molar-refractivity contribution in [3.63, 3.8) is 0 Å². The summed E-state index contributed by atoms with van der Waals surface area (Å²) < 4.78 is 10.7. The van der Waals surface area contributed by atoms with Crippen LogP contribution in [0.15, 0.2) is 42.5 Å². The lowest BCUT2D eigenvalue weighted by atomic mass is 10.1. The Morgan fingerprint density at radius 2 is 1.80 bits per heavy atom. The first-order valence-corrected chi connectivity index (χ1v) is 10.3. The quantitative estimate of drug-likeness (QED) is 0.790. The molecule has 0 saturated carbocycles. The maximum Gasteiger partial charge on any atom is 0.255 e. The summed E-state index contributed by atoms with van der Waals surface area (Å²) in [6.07, 6.45) is 0. The van der Waals surface area contributed by atoms with Crippen LogP contribution >= 0.6 is 11.6 Å². The van der Waals surface area contributed by atoms with Crippen molar-refractivity contribution < 1.29 is 19.1 Å². The number of nitrogens with one attached hydrogen (secondary N) is 1. The van der Waals surface area contributed by atoms with Crippen LogP contribution < -0.4 is 14.8 Å². The number of nitrogens with zero attached hydrogens (tertiary/aromatic N) is 2. The lowest BCUT2D eigenvalue weighted by Crippen LogP contribution is -2.54. The van der Waals surface area contributed by atoms with E-state index in [4.69, 9.17) is 21.1 Å². The standard InChI is InChI=1S/C22H24ClN3O4/c1-15(21(27)24-13-16-6-7-19-20(12-16)30-14-29-19)25-8-10-26(11-9-25)22(28)17-4-2-3-5-18(17)23/h2-7,12,15H,8-11,13-14H2,1H3,(H,24,27). The van der Waals surface area contributed by atoms with Crippen LogP contribution in [0.3, 0.4) is 0 Å². The number of benzene rings is 2. The third-order valence-corrected chi connectivity index (χ3v) is 5.87. The maximum absolute atomic E-state index is 12.7. The largest absolute Gasteiger partial charge is 0.454 e. The zero-order valence-electron chi connectivity index (χ0n) is 16.8. The van der Waals surface area contributed by atoms with Crippen molar-refractivity contribution >= 4 is 23.4 Å². The van der Waals surface area contributed by atoms with Gasteiger partial charge in [-0.2, -0.15) is 0 Å². The number of rotatable bonds is 5. The van der Waals surface area contributed by atoms with Crippen molar-refractivity contribution in [3.8, 4) is 11.5 Å². The van der Waals surface area contributed by atoms with Crippen LogP contribution in [0.1, 0.15) is 22.8 Å². The molecule has 0 spiro atoms. The zero-order valence-corrected chi connectivity index (χ0v) is 17.5. The Morgan fingerprint density at radius 3 is 2.57 bits per heavy atom. The summed E-state index contributed by atoms with van der Waals surface area (Å²) in [5.41, 5.74) is 1.47. The number of ether oxygens (including phenoxy) is 2. The summed E-state index contributed by atoms with van der Waals surface area (Å²) in [4.78, 5) is 29.2. The minimum atomic E-state index is -0.281. The Bertz CT molecular complexity index is 944. The predicted octanol–water partition coefficient (Wildman–Crippen LogP) is 2.53. The van der Waals surface area contributed by atoms with E-state index in [2.05, 4.69) is 10.2 Å². The van der Waals surface area contributed by atoms with Gasteiger partial charge in [-0.05, 0) is 36.8 Å². The fourth-order valence-corrected chi connectivity index (χ4v) is 3.89. The van der Waals surface area contributed by atoms with Gasteiger partial charge in [0.2, 0.25) is 12.7 Å². The molecule has 2 heterocycles. The molecule has 0 aromatic heterocycles. The topological polar surface area (TPSA) is 71.1 Å². The van der Waals surface area contributed by atoms with Gasteiger partial charge in [0.1, 0.15) is 0 Å². The number of halogens is 1. The van der Waals surface area contributed by atoms with E-state index in [1.54, 1.807) is 23.1 Å². The molecule has 158 valence electrons. The van der Waals surface area contributed by atoms with Crippen molar-refractivity contribution in [1.29, 1.82) is 0 Å². The van der Waals surface area contributed by atoms with Gasteiger partial charge in [-0.3, -0.25) is 14.5 Å². The molecule has 1 saturated heterocycles. The van der Waals surface area contributed by atoms with Gasteiger partial charge in [-0.15, -0.1) is 0 Å². The summed E-state index contributed by atoms with van der Waals surface area (Å²) in [5, 5.41) is 3.44. The van der Waals surface area contributed by atoms with Crippen molar-refractivity contribution in [3.05, 3.63) is 58.6 Å². The second-order valence-corrected chi connectivity index (χ2v) is 7.80. The number of amides is 2. The lowest BCUT2D eigenvalue weighted by Gasteiger charge is -2.37. The van der Waals surface area contributed by atoms with Crippen molar-refractivity contribution in [1.82, 2.24) is 15.1 Å². The smallest absolute Gasteiger partial charge is 0.255 e. The van der Waals surface area contributed by atoms with E-state index < -0.39 is 0 Å². The monoisotopic (exact) mass is 429 g/mol. The molecular weight excluding hydrogens is 406 g/mol. The molecule has 0 bridgehead atoms. The summed E-state index contributed by atoms with van der Waals surface area (Å²) >= 11 is 6.15. The molecule has 2 aromatic rings. The molecule has 8 heteroatoms. The van der Waals surface area contributed by atoms with Gasteiger partial charge in [0.15, 0.2) is 11.5 Å². The van der Waals surface area contributed by atoms with Gasteiger partial charge in [-0.25, -0.2) is 0 Å². The van der Waals surface area contributed by atoms with Crippen LogP contribution in [0, 0.1) is 0 Å². The van der Waals surface area contributed by atoms with Crippen molar-refractivity contribution in [2.75, 3.05) is 33.0 Å². The normalized spacial score (nSPS) is 16.9. The van der Waals surface area contributed by atoms with Crippen LogP contribution in [-0.2, 0) is 11.3 Å². The van der Waals surface area contributed by atoms with E-state index in [9.17, 15) is 9.59 Å². The molecule has 1 atom stereocenters. The highest BCUT2D eigenvalue weighted by atomic mass is 35.5. The summed E-state index contributed by atoms with van der Waals surface area (Å²) in [6.45, 7) is 4.93. The third kappa shape index (κ3) is 4.37. The van der Waals surface area contributed by atoms with Gasteiger partial charge in [0, 0.05) is 32.7 Å². The number of fused-ring (bicyclic) bond motifs is 1.